The van der Waals surface area contributed by atoms with E-state index in [0.29, 0.717) is 18.2 Å². The molecule has 0 bridgehead atoms. The number of rotatable bonds is 4. The second-order valence-electron chi connectivity index (χ2n) is 7.22. The average molecular weight is 375 g/mol. The van der Waals surface area contributed by atoms with Crippen LogP contribution in [-0.4, -0.2) is 32.5 Å². The summed E-state index contributed by atoms with van der Waals surface area (Å²) in [6, 6.07) is 3.24. The lowest BCUT2D eigenvalue weighted by molar-refractivity contribution is -0.114. The molecule has 1 saturated carbocycles. The smallest absolute Gasteiger partial charge is 0.303 e. The van der Waals surface area contributed by atoms with E-state index in [0.717, 1.165) is 31.0 Å². The number of fused-ring (bicyclic) bond motifs is 2. The number of nitrogens with zero attached hydrogens (tertiary/aromatic N) is 4. The van der Waals surface area contributed by atoms with E-state index >= 15 is 0 Å². The van der Waals surface area contributed by atoms with Crippen molar-refractivity contribution in [2.24, 2.45) is 0 Å². The lowest BCUT2D eigenvalue weighted by Crippen LogP contribution is -2.23. The summed E-state index contributed by atoms with van der Waals surface area (Å²) >= 11 is 0. The number of carbonyl (C=O) groups is 1. The zero-order chi connectivity index (χ0) is 19.4. The number of hydrogen-bond acceptors (Lipinski definition) is 6. The molecule has 0 radical (unpaired) electrons. The summed E-state index contributed by atoms with van der Waals surface area (Å²) < 4.78 is 27.6. The van der Waals surface area contributed by atoms with E-state index in [9.17, 15) is 18.7 Å². The Morgan fingerprint density at radius 3 is 2.70 bits per heavy atom. The van der Waals surface area contributed by atoms with Crippen LogP contribution < -0.4 is 10.2 Å². The molecule has 1 aliphatic heterocycles. The highest BCUT2D eigenvalue weighted by molar-refractivity contribution is 5.89. The fourth-order valence-corrected chi connectivity index (χ4v) is 3.48. The van der Waals surface area contributed by atoms with Crippen molar-refractivity contribution in [2.75, 3.05) is 16.8 Å². The summed E-state index contributed by atoms with van der Waals surface area (Å²) in [5.41, 5.74) is 1.87. The molecule has 9 heteroatoms. The van der Waals surface area contributed by atoms with Crippen molar-refractivity contribution in [2.45, 2.75) is 44.6 Å². The Morgan fingerprint density at radius 1 is 1.37 bits per heavy atom. The fourth-order valence-electron chi connectivity index (χ4n) is 3.48. The number of anilines is 3. The normalized spacial score (nSPS) is 17.1. The van der Waals surface area contributed by atoms with Gasteiger partial charge in [0.2, 0.25) is 11.7 Å². The number of nitrogens with one attached hydrogen (secondary N) is 1. The molecular weight excluding hydrogens is 356 g/mol. The first kappa shape index (κ1) is 17.7. The van der Waals surface area contributed by atoms with Gasteiger partial charge in [-0.05, 0) is 12.8 Å². The van der Waals surface area contributed by atoms with Gasteiger partial charge in [-0.2, -0.15) is 8.78 Å². The highest BCUT2D eigenvalue weighted by atomic mass is 19.3. The molecule has 4 rings (SSSR count). The van der Waals surface area contributed by atoms with Gasteiger partial charge in [0, 0.05) is 49.7 Å². The topological polar surface area (TPSA) is 91.2 Å². The third kappa shape index (κ3) is 3.12. The van der Waals surface area contributed by atoms with E-state index in [1.165, 1.54) is 13.0 Å². The molecule has 27 heavy (non-hydrogen) atoms. The van der Waals surface area contributed by atoms with Crippen molar-refractivity contribution >= 4 is 23.2 Å². The van der Waals surface area contributed by atoms with Gasteiger partial charge in [0.25, 0.3) is 0 Å². The Labute approximate surface area is 154 Å². The van der Waals surface area contributed by atoms with Gasteiger partial charge >= 0.3 is 5.92 Å². The van der Waals surface area contributed by atoms with Crippen molar-refractivity contribution < 1.29 is 18.7 Å². The van der Waals surface area contributed by atoms with Gasteiger partial charge in [0.05, 0.1) is 18.0 Å². The van der Waals surface area contributed by atoms with Crippen molar-refractivity contribution in [3.63, 3.8) is 0 Å². The van der Waals surface area contributed by atoms with E-state index < -0.39 is 18.4 Å². The Hall–Kier alpha value is -2.68. The van der Waals surface area contributed by atoms with E-state index in [-0.39, 0.29) is 17.0 Å². The van der Waals surface area contributed by atoms with Crippen LogP contribution >= 0.6 is 0 Å². The Kier molecular flexibility index (Phi) is 3.88. The minimum atomic E-state index is -3.22. The number of alkyl halides is 2. The minimum Gasteiger partial charge on any atom is -0.390 e. The number of carbonyl (C=O) groups excluding carboxylic acids is 1. The fraction of sp³-hybridized carbons (Fsp3) is 0.444. The lowest BCUT2D eigenvalue weighted by Gasteiger charge is -2.21. The number of pyridine rings is 1. The Bertz CT molecular complexity index is 924. The van der Waals surface area contributed by atoms with Crippen molar-refractivity contribution in [3.8, 4) is 0 Å². The number of amides is 1. The number of hydrogen-bond donors (Lipinski definition) is 2. The Morgan fingerprint density at radius 2 is 2.11 bits per heavy atom. The summed E-state index contributed by atoms with van der Waals surface area (Å²) in [5, 5.41) is 12.1. The van der Waals surface area contributed by atoms with E-state index in [1.807, 2.05) is 4.90 Å². The largest absolute Gasteiger partial charge is 0.390 e. The zero-order valence-corrected chi connectivity index (χ0v) is 15.0. The second kappa shape index (κ2) is 5.91. The molecule has 1 amide bonds. The minimum absolute atomic E-state index is 0.0592. The van der Waals surface area contributed by atoms with Crippen LogP contribution in [0.4, 0.5) is 26.1 Å². The van der Waals surface area contributed by atoms with Crippen LogP contribution in [0.15, 0.2) is 18.3 Å². The molecule has 142 valence electrons. The van der Waals surface area contributed by atoms with Crippen LogP contribution in [0.5, 0.6) is 0 Å². The van der Waals surface area contributed by atoms with Crippen LogP contribution in [0.3, 0.4) is 0 Å². The summed E-state index contributed by atoms with van der Waals surface area (Å²) in [5.74, 6) is -3.40. The number of aromatic nitrogens is 3. The molecule has 0 saturated heterocycles. The quantitative estimate of drug-likeness (QED) is 0.854. The number of aliphatic hydroxyl groups excluding tert-OH is 1. The van der Waals surface area contributed by atoms with Crippen molar-refractivity contribution in [3.05, 3.63) is 35.4 Å². The van der Waals surface area contributed by atoms with Crippen molar-refractivity contribution in [1.82, 2.24) is 15.0 Å². The summed E-state index contributed by atoms with van der Waals surface area (Å²) in [6.45, 7) is 2.25. The summed E-state index contributed by atoms with van der Waals surface area (Å²) in [4.78, 5) is 25.3. The van der Waals surface area contributed by atoms with Crippen LogP contribution in [0.2, 0.25) is 0 Å². The average Bonchev–Trinajstić information content (AvgIpc) is 3.31. The third-order valence-corrected chi connectivity index (χ3v) is 4.96. The van der Waals surface area contributed by atoms with Crippen LogP contribution in [0, 0.1) is 0 Å². The van der Waals surface area contributed by atoms with Crippen LogP contribution in [0.1, 0.15) is 43.8 Å². The predicted molar refractivity (Wildman–Crippen MR) is 94.0 cm³/mol. The van der Waals surface area contributed by atoms with Gasteiger partial charge in [-0.25, -0.2) is 15.0 Å². The van der Waals surface area contributed by atoms with E-state index in [1.54, 1.807) is 12.3 Å². The molecule has 0 atom stereocenters. The maximum absolute atomic E-state index is 13.8. The molecule has 3 heterocycles. The third-order valence-electron chi connectivity index (χ3n) is 4.96. The van der Waals surface area contributed by atoms with Gasteiger partial charge in [-0.3, -0.25) is 4.79 Å². The van der Waals surface area contributed by atoms with Crippen LogP contribution in [0.25, 0.3) is 0 Å². The first-order valence-corrected chi connectivity index (χ1v) is 8.65. The maximum atomic E-state index is 13.8. The predicted octanol–water partition coefficient (Wildman–Crippen LogP) is 2.62. The molecule has 2 aromatic heterocycles. The maximum Gasteiger partial charge on any atom is 0.303 e. The molecule has 2 aliphatic rings. The SMILES string of the molecule is CC(=O)Nc1cc2c(cn1)C1(CC1)CN2c1cc(CO)nc(C(C)(F)F)n1. The van der Waals surface area contributed by atoms with E-state index in [2.05, 4.69) is 20.3 Å². The lowest BCUT2D eigenvalue weighted by atomic mass is 10.0. The first-order chi connectivity index (χ1) is 12.7. The molecule has 1 fully saturated rings. The highest BCUT2D eigenvalue weighted by Crippen LogP contribution is 2.58. The highest BCUT2D eigenvalue weighted by Gasteiger charge is 2.52. The standard InChI is InChI=1S/C18H19F2N5O2/c1-10(27)22-14-6-13-12(7-21-14)18(3-4-18)9-25(13)15-5-11(8-26)23-16(24-15)17(2,19)20/h5-7,26H,3-4,8-9H2,1-2H3,(H,21,22,27). The molecular formula is C18H19F2N5O2. The van der Waals surface area contributed by atoms with Gasteiger partial charge in [0.1, 0.15) is 11.6 Å². The molecule has 1 aliphatic carbocycles. The molecule has 0 aromatic carbocycles. The molecule has 2 aromatic rings. The number of aliphatic hydroxyl groups is 1. The summed E-state index contributed by atoms with van der Waals surface area (Å²) in [6.07, 6.45) is 3.69. The van der Waals surface area contributed by atoms with Crippen molar-refractivity contribution in [1.29, 1.82) is 0 Å². The molecule has 7 nitrogen and oxygen atoms in total. The number of halogens is 2. The summed E-state index contributed by atoms with van der Waals surface area (Å²) in [7, 11) is 0. The first-order valence-electron chi connectivity index (χ1n) is 8.65. The van der Waals surface area contributed by atoms with Gasteiger partial charge in [0.15, 0.2) is 0 Å². The van der Waals surface area contributed by atoms with Gasteiger partial charge in [-0.1, -0.05) is 0 Å². The molecule has 0 unspecified atom stereocenters. The Balaban J connectivity index is 1.81. The molecule has 2 N–H and O–H groups in total. The molecule has 1 spiro atoms. The zero-order valence-electron chi connectivity index (χ0n) is 15.0. The van der Waals surface area contributed by atoms with Gasteiger partial charge in [-0.15, -0.1) is 0 Å². The van der Waals surface area contributed by atoms with Gasteiger partial charge < -0.3 is 15.3 Å². The monoisotopic (exact) mass is 375 g/mol. The van der Waals surface area contributed by atoms with E-state index in [4.69, 9.17) is 0 Å². The van der Waals surface area contributed by atoms with Crippen LogP contribution in [-0.2, 0) is 22.7 Å². The second-order valence-corrected chi connectivity index (χ2v) is 7.22.